The monoisotopic (exact) mass is 422 g/mol. The highest BCUT2D eigenvalue weighted by molar-refractivity contribution is 7.89. The van der Waals surface area contributed by atoms with Crippen molar-refractivity contribution in [3.05, 3.63) is 59.7 Å². The summed E-state index contributed by atoms with van der Waals surface area (Å²) < 4.78 is 41.8. The molecule has 0 aliphatic rings. The van der Waals surface area contributed by atoms with Gasteiger partial charge >= 0.3 is 0 Å². The Kier molecular flexibility index (Phi) is 5.85. The van der Waals surface area contributed by atoms with Gasteiger partial charge in [0.1, 0.15) is 11.0 Å². The van der Waals surface area contributed by atoms with Gasteiger partial charge in [0.2, 0.25) is 10.0 Å². The molecule has 2 heterocycles. The van der Waals surface area contributed by atoms with E-state index >= 15 is 0 Å². The first-order valence-corrected chi connectivity index (χ1v) is 10.3. The van der Waals surface area contributed by atoms with Crippen LogP contribution in [0.25, 0.3) is 22.2 Å². The van der Waals surface area contributed by atoms with Gasteiger partial charge in [0.05, 0.1) is 22.5 Å². The molecule has 0 fully saturated rings. The van der Waals surface area contributed by atoms with Gasteiger partial charge in [0.15, 0.2) is 0 Å². The van der Waals surface area contributed by atoms with E-state index in [1.165, 1.54) is 26.2 Å². The normalized spacial score (nSPS) is 12.9. The van der Waals surface area contributed by atoms with Gasteiger partial charge in [-0.15, -0.1) is 0 Å². The molecular formula is C19H20ClFN4O2S. The summed E-state index contributed by atoms with van der Waals surface area (Å²) in [7, 11) is -0.679. The molecule has 28 heavy (non-hydrogen) atoms. The van der Waals surface area contributed by atoms with Crippen molar-refractivity contribution in [1.29, 1.82) is 0 Å². The van der Waals surface area contributed by atoms with E-state index in [1.807, 2.05) is 0 Å². The van der Waals surface area contributed by atoms with E-state index in [0.29, 0.717) is 22.2 Å². The maximum atomic E-state index is 14.1. The number of rotatable bonds is 6. The van der Waals surface area contributed by atoms with Crippen molar-refractivity contribution < 1.29 is 12.8 Å². The fraction of sp³-hybridized carbons (Fsp3) is 0.211. The van der Waals surface area contributed by atoms with Crippen LogP contribution in [0.5, 0.6) is 0 Å². The molecule has 0 amide bonds. The molecule has 9 heteroatoms. The molecule has 0 saturated carbocycles. The van der Waals surface area contributed by atoms with Gasteiger partial charge in [-0.25, -0.2) is 17.1 Å². The van der Waals surface area contributed by atoms with Crippen LogP contribution < -0.4 is 5.73 Å². The summed E-state index contributed by atoms with van der Waals surface area (Å²) in [4.78, 5) is 4.52. The van der Waals surface area contributed by atoms with E-state index in [0.717, 1.165) is 4.31 Å². The van der Waals surface area contributed by atoms with E-state index in [1.54, 1.807) is 41.1 Å². The van der Waals surface area contributed by atoms with Crippen molar-refractivity contribution in [1.82, 2.24) is 13.9 Å². The number of halogens is 2. The van der Waals surface area contributed by atoms with E-state index < -0.39 is 15.9 Å². The molecule has 0 spiro atoms. The average molecular weight is 423 g/mol. The lowest BCUT2D eigenvalue weighted by atomic mass is 10.1. The zero-order chi connectivity index (χ0) is 20.5. The van der Waals surface area contributed by atoms with Crippen molar-refractivity contribution in [3.8, 4) is 11.1 Å². The number of aromatic nitrogens is 2. The number of hydrogen-bond donors (Lipinski definition) is 1. The standard InChI is InChI=1S/C19H20ClFN4O2S/c1-24(2)28(26,27)15-6-3-5-13(11-15)17-18-16(7-4-10-23-18)25(19(17)20)12-14(21)8-9-22/h3-8,10-11H,9,12,22H2,1-2H3/b14-8-. The second-order valence-corrected chi connectivity index (χ2v) is 8.83. The number of hydrogen-bond acceptors (Lipinski definition) is 4. The molecule has 0 radical (unpaired) electrons. The third-order valence-corrected chi connectivity index (χ3v) is 6.51. The van der Waals surface area contributed by atoms with Crippen LogP contribution in [-0.2, 0) is 16.6 Å². The van der Waals surface area contributed by atoms with Crippen LogP contribution in [0.3, 0.4) is 0 Å². The number of fused-ring (bicyclic) bond motifs is 1. The lowest BCUT2D eigenvalue weighted by Gasteiger charge is -2.12. The van der Waals surface area contributed by atoms with E-state index in [9.17, 15) is 12.8 Å². The van der Waals surface area contributed by atoms with Crippen molar-refractivity contribution in [2.24, 2.45) is 5.73 Å². The summed E-state index contributed by atoms with van der Waals surface area (Å²) in [5.74, 6) is -0.416. The zero-order valence-electron chi connectivity index (χ0n) is 15.4. The minimum Gasteiger partial charge on any atom is -0.327 e. The van der Waals surface area contributed by atoms with Crippen LogP contribution in [0, 0.1) is 0 Å². The van der Waals surface area contributed by atoms with Crippen LogP contribution in [0.1, 0.15) is 0 Å². The molecule has 0 aliphatic heterocycles. The fourth-order valence-corrected chi connectivity index (χ4v) is 4.22. The minimum atomic E-state index is -3.61. The molecule has 3 aromatic rings. The third kappa shape index (κ3) is 3.68. The molecule has 6 nitrogen and oxygen atoms in total. The first-order valence-electron chi connectivity index (χ1n) is 8.47. The Bertz CT molecular complexity index is 1160. The van der Waals surface area contributed by atoms with Crippen LogP contribution in [0.4, 0.5) is 4.39 Å². The van der Waals surface area contributed by atoms with Gasteiger partial charge in [0, 0.05) is 32.4 Å². The van der Waals surface area contributed by atoms with Gasteiger partial charge < -0.3 is 10.3 Å². The van der Waals surface area contributed by atoms with Crippen LogP contribution in [-0.4, -0.2) is 42.9 Å². The highest BCUT2D eigenvalue weighted by atomic mass is 35.5. The lowest BCUT2D eigenvalue weighted by molar-refractivity contribution is 0.521. The summed E-state index contributed by atoms with van der Waals surface area (Å²) >= 11 is 6.60. The first-order chi connectivity index (χ1) is 13.3. The van der Waals surface area contributed by atoms with Gasteiger partial charge in [-0.1, -0.05) is 23.7 Å². The van der Waals surface area contributed by atoms with Crippen molar-refractivity contribution in [3.63, 3.8) is 0 Å². The second-order valence-electron chi connectivity index (χ2n) is 6.33. The molecule has 2 aromatic heterocycles. The largest absolute Gasteiger partial charge is 0.327 e. The summed E-state index contributed by atoms with van der Waals surface area (Å²) in [5.41, 5.74) is 7.72. The molecule has 3 rings (SSSR count). The number of nitrogens with zero attached hydrogens (tertiary/aromatic N) is 3. The Labute approximate surface area is 168 Å². The van der Waals surface area contributed by atoms with E-state index in [2.05, 4.69) is 4.98 Å². The van der Waals surface area contributed by atoms with E-state index in [-0.39, 0.29) is 23.1 Å². The predicted octanol–water partition coefficient (Wildman–Crippen LogP) is 3.42. The lowest BCUT2D eigenvalue weighted by Crippen LogP contribution is -2.22. The molecule has 0 unspecified atom stereocenters. The zero-order valence-corrected chi connectivity index (χ0v) is 17.0. The Morgan fingerprint density at radius 1 is 1.32 bits per heavy atom. The number of sulfonamides is 1. The van der Waals surface area contributed by atoms with Crippen LogP contribution in [0.15, 0.2) is 59.4 Å². The Morgan fingerprint density at radius 2 is 2.07 bits per heavy atom. The highest BCUT2D eigenvalue weighted by Gasteiger charge is 2.22. The molecule has 0 aliphatic carbocycles. The first kappa shape index (κ1) is 20.5. The quantitative estimate of drug-likeness (QED) is 0.660. The van der Waals surface area contributed by atoms with Gasteiger partial charge in [-0.3, -0.25) is 4.98 Å². The molecule has 2 N–H and O–H groups in total. The van der Waals surface area contributed by atoms with Gasteiger partial charge in [-0.2, -0.15) is 0 Å². The van der Waals surface area contributed by atoms with Crippen molar-refractivity contribution in [2.45, 2.75) is 11.4 Å². The molecule has 0 atom stereocenters. The molecule has 148 valence electrons. The maximum Gasteiger partial charge on any atom is 0.242 e. The van der Waals surface area contributed by atoms with Crippen LogP contribution >= 0.6 is 11.6 Å². The number of nitrogens with two attached hydrogens (primary N) is 1. The van der Waals surface area contributed by atoms with Gasteiger partial charge in [-0.05, 0) is 35.9 Å². The van der Waals surface area contributed by atoms with Gasteiger partial charge in [0.25, 0.3) is 0 Å². The molecule has 0 saturated heterocycles. The van der Waals surface area contributed by atoms with Crippen molar-refractivity contribution >= 4 is 32.7 Å². The van der Waals surface area contributed by atoms with Crippen molar-refractivity contribution in [2.75, 3.05) is 20.6 Å². The summed E-state index contributed by atoms with van der Waals surface area (Å²) in [6.07, 6.45) is 2.89. The Hall–Kier alpha value is -2.26. The number of pyridine rings is 1. The predicted molar refractivity (Wildman–Crippen MR) is 109 cm³/mol. The Balaban J connectivity index is 2.23. The fourth-order valence-electron chi connectivity index (χ4n) is 2.92. The topological polar surface area (TPSA) is 81.2 Å². The smallest absolute Gasteiger partial charge is 0.242 e. The summed E-state index contributed by atoms with van der Waals surface area (Å²) in [6.45, 7) is -0.00782. The van der Waals surface area contributed by atoms with E-state index in [4.69, 9.17) is 17.3 Å². The number of allylic oxidation sites excluding steroid dienone is 1. The SMILES string of the molecule is CN(C)S(=O)(=O)c1cccc(-c2c(Cl)n(C/C(F)=C/CN)c3cccnc23)c1. The van der Waals surface area contributed by atoms with Crippen LogP contribution in [0.2, 0.25) is 5.15 Å². The number of benzene rings is 1. The summed E-state index contributed by atoms with van der Waals surface area (Å²) in [6, 6.07) is 9.97. The molecule has 1 aromatic carbocycles. The minimum absolute atomic E-state index is 0.0815. The second kappa shape index (κ2) is 8.00. The average Bonchev–Trinajstić information content (AvgIpc) is 2.94. The maximum absolute atomic E-state index is 14.1. The highest BCUT2D eigenvalue weighted by Crippen LogP contribution is 2.38. The molecule has 0 bridgehead atoms. The third-order valence-electron chi connectivity index (χ3n) is 4.31. The molecular weight excluding hydrogens is 403 g/mol. The Morgan fingerprint density at radius 3 is 2.75 bits per heavy atom. The summed E-state index contributed by atoms with van der Waals surface area (Å²) in [5, 5.41) is 0.272.